The van der Waals surface area contributed by atoms with E-state index < -0.39 is 5.82 Å². The summed E-state index contributed by atoms with van der Waals surface area (Å²) < 4.78 is 13.5. The predicted octanol–water partition coefficient (Wildman–Crippen LogP) is 2.77. The summed E-state index contributed by atoms with van der Waals surface area (Å²) in [4.78, 5) is 18.4. The summed E-state index contributed by atoms with van der Waals surface area (Å²) in [5.74, 6) is -0.815. The molecule has 0 spiro atoms. The minimum Gasteiger partial charge on any atom is -0.396 e. The molecule has 2 aromatic rings. The third-order valence-corrected chi connectivity index (χ3v) is 3.22. The summed E-state index contributed by atoms with van der Waals surface area (Å²) in [6, 6.07) is 9.78. The molecule has 0 radical (unpaired) electrons. The van der Waals surface area contributed by atoms with E-state index in [0.717, 1.165) is 11.4 Å². The Kier molecular flexibility index (Phi) is 4.52. The number of amides is 1. The topological polar surface area (TPSA) is 59.2 Å². The zero-order valence-electron chi connectivity index (χ0n) is 12.1. The normalized spacial score (nSPS) is 10.4. The van der Waals surface area contributed by atoms with E-state index in [-0.39, 0.29) is 17.2 Å². The number of carbonyl (C=O) groups is 1. The van der Waals surface area contributed by atoms with Crippen LogP contribution in [0.3, 0.4) is 0 Å². The van der Waals surface area contributed by atoms with Crippen molar-refractivity contribution in [1.29, 1.82) is 0 Å². The van der Waals surface area contributed by atoms with Crippen LogP contribution in [-0.2, 0) is 6.54 Å². The highest BCUT2D eigenvalue weighted by atomic mass is 19.1. The molecule has 0 saturated carbocycles. The van der Waals surface area contributed by atoms with Crippen LogP contribution in [-0.4, -0.2) is 22.3 Å². The molecule has 4 nitrogen and oxygen atoms in total. The molecule has 0 aliphatic carbocycles. The molecule has 1 heterocycles. The smallest absolute Gasteiger partial charge is 0.254 e. The van der Waals surface area contributed by atoms with Crippen molar-refractivity contribution in [3.8, 4) is 0 Å². The molecule has 2 N–H and O–H groups in total. The van der Waals surface area contributed by atoms with Gasteiger partial charge in [-0.2, -0.15) is 0 Å². The van der Waals surface area contributed by atoms with E-state index in [1.165, 1.54) is 18.2 Å². The van der Waals surface area contributed by atoms with Crippen LogP contribution in [0.1, 0.15) is 28.7 Å². The highest BCUT2D eigenvalue weighted by Crippen LogP contribution is 2.15. The number of carbonyl (C=O) groups excluding carboxylic acids is 1. The first-order chi connectivity index (χ1) is 10.0. The Hall–Kier alpha value is -2.43. The molecule has 1 amide bonds. The summed E-state index contributed by atoms with van der Waals surface area (Å²) in [6.45, 7) is 4.68. The quantitative estimate of drug-likeness (QED) is 0.880. The van der Waals surface area contributed by atoms with Gasteiger partial charge in [-0.1, -0.05) is 6.07 Å². The molecule has 0 unspecified atom stereocenters. The number of benzene rings is 1. The van der Waals surface area contributed by atoms with Gasteiger partial charge >= 0.3 is 0 Å². The SMILES string of the molecule is CCN(Cc1cccc(C)n1)C(=O)c1ccc(N)c(F)c1. The Labute approximate surface area is 123 Å². The van der Waals surface area contributed by atoms with E-state index in [1.54, 1.807) is 4.90 Å². The average molecular weight is 287 g/mol. The Balaban J connectivity index is 2.20. The summed E-state index contributed by atoms with van der Waals surface area (Å²) in [6.07, 6.45) is 0. The number of halogens is 1. The zero-order valence-corrected chi connectivity index (χ0v) is 12.1. The lowest BCUT2D eigenvalue weighted by molar-refractivity contribution is 0.0750. The van der Waals surface area contributed by atoms with Gasteiger partial charge in [-0.15, -0.1) is 0 Å². The van der Waals surface area contributed by atoms with Crippen molar-refractivity contribution >= 4 is 11.6 Å². The van der Waals surface area contributed by atoms with Crippen molar-refractivity contribution < 1.29 is 9.18 Å². The lowest BCUT2D eigenvalue weighted by Gasteiger charge is -2.21. The number of nitrogens with zero attached hydrogens (tertiary/aromatic N) is 2. The van der Waals surface area contributed by atoms with Crippen LogP contribution in [0.15, 0.2) is 36.4 Å². The number of aromatic nitrogens is 1. The van der Waals surface area contributed by atoms with Crippen LogP contribution in [0, 0.1) is 12.7 Å². The molecule has 21 heavy (non-hydrogen) atoms. The highest BCUT2D eigenvalue weighted by molar-refractivity contribution is 5.94. The van der Waals surface area contributed by atoms with Gasteiger partial charge in [0.05, 0.1) is 17.9 Å². The first-order valence-corrected chi connectivity index (χ1v) is 6.78. The van der Waals surface area contributed by atoms with E-state index in [1.807, 2.05) is 32.0 Å². The highest BCUT2D eigenvalue weighted by Gasteiger charge is 2.16. The Morgan fingerprint density at radius 1 is 1.33 bits per heavy atom. The van der Waals surface area contributed by atoms with E-state index >= 15 is 0 Å². The molecule has 5 heteroatoms. The summed E-state index contributed by atoms with van der Waals surface area (Å²) in [7, 11) is 0. The van der Waals surface area contributed by atoms with E-state index in [2.05, 4.69) is 4.98 Å². The number of hydrogen-bond donors (Lipinski definition) is 1. The minimum absolute atomic E-state index is 0.0370. The molecule has 1 aromatic heterocycles. The van der Waals surface area contributed by atoms with Crippen LogP contribution in [0.5, 0.6) is 0 Å². The van der Waals surface area contributed by atoms with Crippen molar-refractivity contribution in [2.45, 2.75) is 20.4 Å². The predicted molar refractivity (Wildman–Crippen MR) is 80.2 cm³/mol. The maximum atomic E-state index is 13.5. The molecule has 0 aliphatic heterocycles. The number of anilines is 1. The second-order valence-corrected chi connectivity index (χ2v) is 4.83. The number of nitrogens with two attached hydrogens (primary N) is 1. The molecule has 1 aromatic carbocycles. The number of rotatable bonds is 4. The van der Waals surface area contributed by atoms with Gasteiger partial charge in [-0.25, -0.2) is 4.39 Å². The molecule has 110 valence electrons. The second-order valence-electron chi connectivity index (χ2n) is 4.83. The Bertz CT molecular complexity index is 658. The third-order valence-electron chi connectivity index (χ3n) is 3.22. The van der Waals surface area contributed by atoms with Crippen LogP contribution in [0.4, 0.5) is 10.1 Å². The molecule has 0 fully saturated rings. The van der Waals surface area contributed by atoms with E-state index in [9.17, 15) is 9.18 Å². The van der Waals surface area contributed by atoms with E-state index in [0.29, 0.717) is 13.1 Å². The fourth-order valence-corrected chi connectivity index (χ4v) is 2.05. The molecule has 0 saturated heterocycles. The van der Waals surface area contributed by atoms with Crippen LogP contribution in [0.25, 0.3) is 0 Å². The van der Waals surface area contributed by atoms with Gasteiger partial charge in [-0.05, 0) is 44.2 Å². The minimum atomic E-state index is -0.578. The van der Waals surface area contributed by atoms with Crippen molar-refractivity contribution in [3.63, 3.8) is 0 Å². The maximum absolute atomic E-state index is 13.5. The van der Waals surface area contributed by atoms with Crippen LogP contribution < -0.4 is 5.73 Å². The molecule has 0 aliphatic rings. The van der Waals surface area contributed by atoms with Crippen molar-refractivity contribution in [1.82, 2.24) is 9.88 Å². The maximum Gasteiger partial charge on any atom is 0.254 e. The first-order valence-electron chi connectivity index (χ1n) is 6.78. The zero-order chi connectivity index (χ0) is 15.4. The molecular weight excluding hydrogens is 269 g/mol. The van der Waals surface area contributed by atoms with Crippen LogP contribution in [0.2, 0.25) is 0 Å². The van der Waals surface area contributed by atoms with Crippen molar-refractivity contribution in [3.05, 3.63) is 59.2 Å². The van der Waals surface area contributed by atoms with Gasteiger partial charge in [0.25, 0.3) is 5.91 Å². The Morgan fingerprint density at radius 2 is 2.10 bits per heavy atom. The first kappa shape index (κ1) is 15.0. The third kappa shape index (κ3) is 3.56. The summed E-state index contributed by atoms with van der Waals surface area (Å²) in [5.41, 5.74) is 7.46. The summed E-state index contributed by atoms with van der Waals surface area (Å²) >= 11 is 0. The number of aryl methyl sites for hydroxylation is 1. The fraction of sp³-hybridized carbons (Fsp3) is 0.250. The Morgan fingerprint density at radius 3 is 2.71 bits per heavy atom. The second kappa shape index (κ2) is 6.35. The van der Waals surface area contributed by atoms with Gasteiger partial charge in [0.1, 0.15) is 5.82 Å². The average Bonchev–Trinajstić information content (AvgIpc) is 2.47. The fourth-order valence-electron chi connectivity index (χ4n) is 2.05. The van der Waals surface area contributed by atoms with Crippen molar-refractivity contribution in [2.75, 3.05) is 12.3 Å². The van der Waals surface area contributed by atoms with Gasteiger partial charge < -0.3 is 10.6 Å². The number of nitrogen functional groups attached to an aromatic ring is 1. The summed E-state index contributed by atoms with van der Waals surface area (Å²) in [5, 5.41) is 0. The van der Waals surface area contributed by atoms with Gasteiger partial charge in [0.2, 0.25) is 0 Å². The van der Waals surface area contributed by atoms with Gasteiger partial charge in [0.15, 0.2) is 0 Å². The molecule has 0 atom stereocenters. The molecule has 2 rings (SSSR count). The number of pyridine rings is 1. The standard InChI is InChI=1S/C16H18FN3O/c1-3-20(10-13-6-4-5-11(2)19-13)16(21)12-7-8-15(18)14(17)9-12/h4-9H,3,10,18H2,1-2H3. The lowest BCUT2D eigenvalue weighted by Crippen LogP contribution is -2.30. The largest absolute Gasteiger partial charge is 0.396 e. The monoisotopic (exact) mass is 287 g/mol. The lowest BCUT2D eigenvalue weighted by atomic mass is 10.1. The van der Waals surface area contributed by atoms with Crippen LogP contribution >= 0.6 is 0 Å². The van der Waals surface area contributed by atoms with Crippen molar-refractivity contribution in [2.24, 2.45) is 0 Å². The van der Waals surface area contributed by atoms with Gasteiger partial charge in [0, 0.05) is 17.8 Å². The van der Waals surface area contributed by atoms with E-state index in [4.69, 9.17) is 5.73 Å². The number of hydrogen-bond acceptors (Lipinski definition) is 3. The van der Waals surface area contributed by atoms with Gasteiger partial charge in [-0.3, -0.25) is 9.78 Å². The molecule has 0 bridgehead atoms. The molecular formula is C16H18FN3O.